The number of aryl methyl sites for hydroxylation is 1. The maximum atomic E-state index is 13.0. The van der Waals surface area contributed by atoms with Gasteiger partial charge in [0.1, 0.15) is 0 Å². The fraction of sp³-hybridized carbons (Fsp3) is 0.259. The molecule has 0 bridgehead atoms. The first-order chi connectivity index (χ1) is 15.9. The van der Waals surface area contributed by atoms with Crippen LogP contribution in [0.25, 0.3) is 11.3 Å². The van der Waals surface area contributed by atoms with Gasteiger partial charge in [0, 0.05) is 29.2 Å². The average Bonchev–Trinajstić information content (AvgIpc) is 3.14. The van der Waals surface area contributed by atoms with Gasteiger partial charge in [0.15, 0.2) is 5.75 Å². The highest BCUT2D eigenvalue weighted by Crippen LogP contribution is 2.39. The Balaban J connectivity index is 1.46. The number of hydrogen-bond acceptors (Lipinski definition) is 4. The molecule has 1 unspecified atom stereocenters. The average molecular weight is 458 g/mol. The summed E-state index contributed by atoms with van der Waals surface area (Å²) in [6.45, 7) is 6.03. The molecular formula is C27H24ClN3O2. The van der Waals surface area contributed by atoms with Crippen molar-refractivity contribution in [3.8, 4) is 17.0 Å². The zero-order valence-corrected chi connectivity index (χ0v) is 19.6. The second kappa shape index (κ2) is 8.56. The molecular weight excluding hydrogens is 434 g/mol. The molecule has 0 saturated heterocycles. The van der Waals surface area contributed by atoms with E-state index in [4.69, 9.17) is 16.3 Å². The number of carbonyl (C=O) groups is 1. The van der Waals surface area contributed by atoms with E-state index in [2.05, 4.69) is 21.9 Å². The van der Waals surface area contributed by atoms with E-state index in [1.807, 2.05) is 56.6 Å². The standard InChI is InChI=1S/C27H24ClN3O2/c1-15-4-8-24-22(15)14-33-26-21(27(32)31-24)11-20(17(3)25(26)28)10-18-6-9-23(30-12-18)19-7-5-16(2)29-13-19/h5-7,9,11-15H,4,8,10H2,1-3H3/b22-14-,31-24?. The molecule has 0 N–H and O–H groups in total. The zero-order valence-electron chi connectivity index (χ0n) is 18.9. The van der Waals surface area contributed by atoms with Crippen molar-refractivity contribution in [2.45, 2.75) is 40.0 Å². The number of amides is 1. The number of aliphatic imine (C=N–C) groups is 1. The molecule has 5 nitrogen and oxygen atoms in total. The fourth-order valence-corrected chi connectivity index (χ4v) is 4.59. The van der Waals surface area contributed by atoms with E-state index in [1.54, 1.807) is 6.26 Å². The predicted molar refractivity (Wildman–Crippen MR) is 130 cm³/mol. The largest absolute Gasteiger partial charge is 0.462 e. The topological polar surface area (TPSA) is 64.4 Å². The lowest BCUT2D eigenvalue weighted by molar-refractivity contribution is 0.1000. The van der Waals surface area contributed by atoms with E-state index in [0.29, 0.717) is 28.7 Å². The minimum absolute atomic E-state index is 0.303. The molecule has 3 heterocycles. The Morgan fingerprint density at radius 2 is 1.97 bits per heavy atom. The highest BCUT2D eigenvalue weighted by molar-refractivity contribution is 6.33. The Morgan fingerprint density at radius 3 is 2.70 bits per heavy atom. The van der Waals surface area contributed by atoms with Gasteiger partial charge in [0.25, 0.3) is 5.91 Å². The van der Waals surface area contributed by atoms with Crippen LogP contribution in [0, 0.1) is 19.8 Å². The van der Waals surface area contributed by atoms with Gasteiger partial charge in [-0.25, -0.2) is 4.99 Å². The van der Waals surface area contributed by atoms with Crippen LogP contribution in [0.1, 0.15) is 52.5 Å². The summed E-state index contributed by atoms with van der Waals surface area (Å²) in [5, 5.41) is 0.451. The van der Waals surface area contributed by atoms with Crippen molar-refractivity contribution >= 4 is 23.2 Å². The molecule has 33 heavy (non-hydrogen) atoms. The Bertz CT molecular complexity index is 1310. The number of pyridine rings is 2. The molecule has 1 saturated carbocycles. The number of benzene rings is 1. The molecule has 1 amide bonds. The summed E-state index contributed by atoms with van der Waals surface area (Å²) in [6.07, 6.45) is 7.76. The highest BCUT2D eigenvalue weighted by Gasteiger charge is 2.29. The SMILES string of the molecule is Cc1ccc(-c2ccc(Cc3cc4c(c(Cl)c3C)O/C=C3\C(=NC4=O)CCC3C)cn2)cn1. The van der Waals surface area contributed by atoms with Gasteiger partial charge in [-0.2, -0.15) is 0 Å². The normalized spacial score (nSPS) is 18.9. The van der Waals surface area contributed by atoms with Crippen LogP contribution >= 0.6 is 11.6 Å². The number of aromatic nitrogens is 2. The predicted octanol–water partition coefficient (Wildman–Crippen LogP) is 6.29. The fourth-order valence-electron chi connectivity index (χ4n) is 4.32. The van der Waals surface area contributed by atoms with Crippen LogP contribution < -0.4 is 4.74 Å². The summed E-state index contributed by atoms with van der Waals surface area (Å²) in [5.41, 5.74) is 7.89. The number of hydrogen-bond donors (Lipinski definition) is 0. The van der Waals surface area contributed by atoms with Crippen LogP contribution in [0.2, 0.25) is 5.02 Å². The van der Waals surface area contributed by atoms with Crippen LogP contribution in [0.3, 0.4) is 0 Å². The molecule has 1 aliphatic carbocycles. The van der Waals surface area contributed by atoms with E-state index < -0.39 is 0 Å². The van der Waals surface area contributed by atoms with Crippen LogP contribution in [-0.4, -0.2) is 21.6 Å². The Kier molecular flexibility index (Phi) is 5.59. The summed E-state index contributed by atoms with van der Waals surface area (Å²) in [7, 11) is 0. The molecule has 5 rings (SSSR count). The van der Waals surface area contributed by atoms with Crippen LogP contribution in [0.15, 0.2) is 59.6 Å². The van der Waals surface area contributed by atoms with Crippen molar-refractivity contribution in [3.63, 3.8) is 0 Å². The lowest BCUT2D eigenvalue weighted by atomic mass is 9.97. The minimum Gasteiger partial charge on any atom is -0.462 e. The number of fused-ring (bicyclic) bond motifs is 2. The summed E-state index contributed by atoms with van der Waals surface area (Å²) < 4.78 is 5.96. The quantitative estimate of drug-likeness (QED) is 0.463. The molecule has 2 aromatic heterocycles. The molecule has 6 heteroatoms. The number of rotatable bonds is 3. The molecule has 1 fully saturated rings. The van der Waals surface area contributed by atoms with E-state index in [0.717, 1.165) is 57.8 Å². The number of ether oxygens (including phenoxy) is 1. The zero-order chi connectivity index (χ0) is 23.1. The van der Waals surface area contributed by atoms with Crippen molar-refractivity contribution in [1.82, 2.24) is 9.97 Å². The van der Waals surface area contributed by atoms with Crippen molar-refractivity contribution in [3.05, 3.63) is 87.5 Å². The minimum atomic E-state index is -0.303. The van der Waals surface area contributed by atoms with Gasteiger partial charge in [-0.15, -0.1) is 0 Å². The molecule has 1 aromatic carbocycles. The first-order valence-electron chi connectivity index (χ1n) is 11.1. The van der Waals surface area contributed by atoms with E-state index >= 15 is 0 Å². The smallest absolute Gasteiger partial charge is 0.281 e. The first-order valence-corrected chi connectivity index (χ1v) is 11.5. The van der Waals surface area contributed by atoms with E-state index in [-0.39, 0.29) is 5.91 Å². The van der Waals surface area contributed by atoms with Gasteiger partial charge in [-0.3, -0.25) is 14.8 Å². The van der Waals surface area contributed by atoms with E-state index in [1.165, 1.54) is 0 Å². The molecule has 2 aliphatic rings. The van der Waals surface area contributed by atoms with Crippen LogP contribution in [0.4, 0.5) is 0 Å². The molecule has 1 atom stereocenters. The molecule has 166 valence electrons. The van der Waals surface area contributed by atoms with Crippen LogP contribution in [0.5, 0.6) is 5.75 Å². The lowest BCUT2D eigenvalue weighted by Crippen LogP contribution is -2.11. The Labute approximate surface area is 198 Å². The number of allylic oxidation sites excluding steroid dienone is 1. The molecule has 3 aromatic rings. The highest BCUT2D eigenvalue weighted by atomic mass is 35.5. The second-order valence-corrected chi connectivity index (χ2v) is 9.14. The summed E-state index contributed by atoms with van der Waals surface area (Å²) >= 11 is 6.69. The molecule has 1 aliphatic heterocycles. The van der Waals surface area contributed by atoms with Gasteiger partial charge in [-0.1, -0.05) is 24.6 Å². The van der Waals surface area contributed by atoms with Gasteiger partial charge in [-0.05, 0) is 80.0 Å². The third-order valence-electron chi connectivity index (χ3n) is 6.45. The number of halogens is 1. The number of carbonyl (C=O) groups excluding carboxylic acids is 1. The second-order valence-electron chi connectivity index (χ2n) is 8.76. The monoisotopic (exact) mass is 457 g/mol. The third-order valence-corrected chi connectivity index (χ3v) is 6.90. The van der Waals surface area contributed by atoms with Gasteiger partial charge < -0.3 is 4.74 Å². The summed E-state index contributed by atoms with van der Waals surface area (Å²) in [6, 6.07) is 9.88. The Morgan fingerprint density at radius 1 is 1.12 bits per heavy atom. The molecule has 0 radical (unpaired) electrons. The maximum Gasteiger partial charge on any atom is 0.281 e. The summed E-state index contributed by atoms with van der Waals surface area (Å²) in [4.78, 5) is 26.4. The van der Waals surface area contributed by atoms with Crippen LogP contribution in [-0.2, 0) is 6.42 Å². The first kappa shape index (κ1) is 21.5. The molecule has 0 spiro atoms. The van der Waals surface area contributed by atoms with Crippen molar-refractivity contribution in [2.75, 3.05) is 0 Å². The van der Waals surface area contributed by atoms with Crippen molar-refractivity contribution in [1.29, 1.82) is 0 Å². The van der Waals surface area contributed by atoms with Gasteiger partial charge >= 0.3 is 0 Å². The van der Waals surface area contributed by atoms with Crippen molar-refractivity contribution in [2.24, 2.45) is 10.9 Å². The van der Waals surface area contributed by atoms with Crippen molar-refractivity contribution < 1.29 is 9.53 Å². The number of nitrogens with zero attached hydrogens (tertiary/aromatic N) is 3. The third kappa shape index (κ3) is 4.09. The van der Waals surface area contributed by atoms with Gasteiger partial charge in [0.05, 0.1) is 28.3 Å². The lowest BCUT2D eigenvalue weighted by Gasteiger charge is -2.18. The maximum absolute atomic E-state index is 13.0. The summed E-state index contributed by atoms with van der Waals surface area (Å²) in [5.74, 6) is 0.407. The van der Waals surface area contributed by atoms with E-state index in [9.17, 15) is 4.79 Å². The Hall–Kier alpha value is -3.31. The van der Waals surface area contributed by atoms with Gasteiger partial charge in [0.2, 0.25) is 0 Å².